The summed E-state index contributed by atoms with van der Waals surface area (Å²) in [7, 11) is 0. The van der Waals surface area contributed by atoms with E-state index in [9.17, 15) is 28.1 Å². The highest BCUT2D eigenvalue weighted by Crippen LogP contribution is 2.33. The van der Waals surface area contributed by atoms with Crippen molar-refractivity contribution in [3.05, 3.63) is 51.9 Å². The van der Waals surface area contributed by atoms with Gasteiger partial charge in [-0.05, 0) is 18.2 Å². The first-order chi connectivity index (χ1) is 11.3. The first-order valence-electron chi connectivity index (χ1n) is 6.57. The fourth-order valence-corrected chi connectivity index (χ4v) is 1.77. The number of carbonyl (C=O) groups excluding carboxylic acids is 1. The van der Waals surface area contributed by atoms with Crippen LogP contribution in [0.2, 0.25) is 0 Å². The van der Waals surface area contributed by atoms with Gasteiger partial charge in [0.25, 0.3) is 5.91 Å². The van der Waals surface area contributed by atoms with Gasteiger partial charge in [0.15, 0.2) is 5.76 Å². The first-order valence-corrected chi connectivity index (χ1v) is 6.57. The average molecular weight is 344 g/mol. The van der Waals surface area contributed by atoms with Crippen molar-refractivity contribution in [2.45, 2.75) is 6.18 Å². The van der Waals surface area contributed by atoms with E-state index in [1.807, 2.05) is 0 Å². The lowest BCUT2D eigenvalue weighted by molar-refractivity contribution is -0.402. The van der Waals surface area contributed by atoms with E-state index in [1.165, 1.54) is 12.3 Å². The molecule has 0 radical (unpaired) electrons. The number of carbonyl (C=O) groups is 1. The number of rotatable bonds is 6. The molecule has 2 aromatic rings. The van der Waals surface area contributed by atoms with Crippen molar-refractivity contribution in [3.63, 3.8) is 0 Å². The lowest BCUT2D eigenvalue weighted by atomic mass is 10.2. The molecular formula is C13H11F3N4O4. The summed E-state index contributed by atoms with van der Waals surface area (Å²) in [6, 6.07) is 4.20. The number of nitrogens with zero attached hydrogens (tertiary/aromatic N) is 2. The van der Waals surface area contributed by atoms with E-state index in [1.54, 1.807) is 0 Å². The number of nitro groups is 1. The minimum atomic E-state index is -4.55. The van der Waals surface area contributed by atoms with E-state index in [2.05, 4.69) is 15.6 Å². The Morgan fingerprint density at radius 1 is 1.29 bits per heavy atom. The zero-order valence-corrected chi connectivity index (χ0v) is 12.0. The number of amides is 1. The van der Waals surface area contributed by atoms with Crippen LogP contribution in [0.1, 0.15) is 16.1 Å². The smallest absolute Gasteiger partial charge is 0.395 e. The van der Waals surface area contributed by atoms with Gasteiger partial charge in [-0.1, -0.05) is 0 Å². The molecule has 0 saturated heterocycles. The monoisotopic (exact) mass is 344 g/mol. The number of alkyl halides is 3. The maximum atomic E-state index is 12.8. The molecule has 0 aliphatic rings. The number of hydrogen-bond donors (Lipinski definition) is 2. The number of furan rings is 1. The molecule has 2 heterocycles. The molecule has 0 aromatic carbocycles. The van der Waals surface area contributed by atoms with Gasteiger partial charge in [-0.3, -0.25) is 14.9 Å². The van der Waals surface area contributed by atoms with Crippen LogP contribution in [0.5, 0.6) is 0 Å². The topological polar surface area (TPSA) is 110 Å². The minimum Gasteiger partial charge on any atom is -0.395 e. The van der Waals surface area contributed by atoms with Gasteiger partial charge in [-0.15, -0.1) is 0 Å². The SMILES string of the molecule is O=C(NCCNc1ncccc1C(F)(F)F)c1ccc([N+](=O)[O-])o1. The molecule has 2 aromatic heterocycles. The molecular weight excluding hydrogens is 333 g/mol. The predicted octanol–water partition coefficient (Wildman–Crippen LogP) is 2.44. The number of nitrogens with one attached hydrogen (secondary N) is 2. The second-order valence-electron chi connectivity index (χ2n) is 4.47. The van der Waals surface area contributed by atoms with E-state index in [0.29, 0.717) is 0 Å². The summed E-state index contributed by atoms with van der Waals surface area (Å²) >= 11 is 0. The van der Waals surface area contributed by atoms with Crippen molar-refractivity contribution in [3.8, 4) is 0 Å². The highest BCUT2D eigenvalue weighted by atomic mass is 19.4. The fraction of sp³-hybridized carbons (Fsp3) is 0.231. The molecule has 0 spiro atoms. The zero-order valence-electron chi connectivity index (χ0n) is 12.0. The Labute approximate surface area is 132 Å². The van der Waals surface area contributed by atoms with Gasteiger partial charge in [0.1, 0.15) is 10.7 Å². The summed E-state index contributed by atoms with van der Waals surface area (Å²) in [5.74, 6) is -1.92. The lowest BCUT2D eigenvalue weighted by Crippen LogP contribution is -2.29. The Kier molecular flexibility index (Phi) is 5.02. The molecule has 1 amide bonds. The largest absolute Gasteiger partial charge is 0.433 e. The lowest BCUT2D eigenvalue weighted by Gasteiger charge is -2.13. The second-order valence-corrected chi connectivity index (χ2v) is 4.47. The standard InChI is InChI=1S/C13H11F3N4O4/c14-13(15,16)8-2-1-5-17-11(8)18-6-7-19-12(21)9-3-4-10(24-9)20(22)23/h1-5H,6-7H2,(H,17,18)(H,19,21). The summed E-state index contributed by atoms with van der Waals surface area (Å²) < 4.78 is 43.0. The molecule has 0 bridgehead atoms. The van der Waals surface area contributed by atoms with E-state index >= 15 is 0 Å². The molecule has 0 aliphatic carbocycles. The van der Waals surface area contributed by atoms with E-state index in [4.69, 9.17) is 4.42 Å². The zero-order chi connectivity index (χ0) is 17.7. The van der Waals surface area contributed by atoms with Crippen molar-refractivity contribution in [1.29, 1.82) is 0 Å². The molecule has 2 rings (SSSR count). The molecule has 11 heteroatoms. The molecule has 128 valence electrons. The van der Waals surface area contributed by atoms with Crippen molar-refractivity contribution >= 4 is 17.6 Å². The number of halogens is 3. The predicted molar refractivity (Wildman–Crippen MR) is 75.4 cm³/mol. The van der Waals surface area contributed by atoms with Gasteiger partial charge >= 0.3 is 12.1 Å². The average Bonchev–Trinajstić information content (AvgIpc) is 3.01. The summed E-state index contributed by atoms with van der Waals surface area (Å²) in [5.41, 5.74) is -0.919. The third kappa shape index (κ3) is 4.21. The molecule has 0 saturated carbocycles. The van der Waals surface area contributed by atoms with Crippen LogP contribution in [0, 0.1) is 10.1 Å². The van der Waals surface area contributed by atoms with Crippen LogP contribution >= 0.6 is 0 Å². The molecule has 24 heavy (non-hydrogen) atoms. The molecule has 8 nitrogen and oxygen atoms in total. The highest BCUT2D eigenvalue weighted by Gasteiger charge is 2.33. The number of aromatic nitrogens is 1. The summed E-state index contributed by atoms with van der Waals surface area (Å²) in [6.07, 6.45) is -3.34. The third-order valence-corrected chi connectivity index (χ3v) is 2.81. The van der Waals surface area contributed by atoms with Crippen LogP contribution in [0.4, 0.5) is 24.9 Å². The van der Waals surface area contributed by atoms with E-state index in [0.717, 1.165) is 18.2 Å². The van der Waals surface area contributed by atoms with Crippen molar-refractivity contribution in [1.82, 2.24) is 10.3 Å². The third-order valence-electron chi connectivity index (χ3n) is 2.81. The first kappa shape index (κ1) is 17.2. The molecule has 0 aliphatic heterocycles. The quantitative estimate of drug-likeness (QED) is 0.473. The maximum absolute atomic E-state index is 12.8. The van der Waals surface area contributed by atoms with Gasteiger partial charge in [0.05, 0.1) is 11.6 Å². The number of hydrogen-bond acceptors (Lipinski definition) is 6. The Hall–Kier alpha value is -3.11. The van der Waals surface area contributed by atoms with Gasteiger partial charge in [0.2, 0.25) is 0 Å². The Balaban J connectivity index is 1.87. The fourth-order valence-electron chi connectivity index (χ4n) is 1.77. The molecule has 0 atom stereocenters. The second kappa shape index (κ2) is 6.98. The minimum absolute atomic E-state index is 0.0331. The van der Waals surface area contributed by atoms with Crippen molar-refractivity contribution in [2.24, 2.45) is 0 Å². The normalized spacial score (nSPS) is 11.1. The van der Waals surface area contributed by atoms with Crippen molar-refractivity contribution < 1.29 is 27.3 Å². The van der Waals surface area contributed by atoms with Crippen molar-refractivity contribution in [2.75, 3.05) is 18.4 Å². The summed E-state index contributed by atoms with van der Waals surface area (Å²) in [4.78, 5) is 24.9. The van der Waals surface area contributed by atoms with Gasteiger partial charge in [0, 0.05) is 19.3 Å². The highest BCUT2D eigenvalue weighted by molar-refractivity contribution is 5.91. The van der Waals surface area contributed by atoms with Crippen LogP contribution in [0.15, 0.2) is 34.9 Å². The number of anilines is 1. The maximum Gasteiger partial charge on any atom is 0.433 e. The Morgan fingerprint density at radius 3 is 2.67 bits per heavy atom. The summed E-state index contributed by atoms with van der Waals surface area (Å²) in [5, 5.41) is 15.3. The van der Waals surface area contributed by atoms with E-state index in [-0.39, 0.29) is 24.7 Å². The van der Waals surface area contributed by atoms with Gasteiger partial charge in [-0.2, -0.15) is 13.2 Å². The van der Waals surface area contributed by atoms with Gasteiger partial charge in [-0.25, -0.2) is 4.98 Å². The molecule has 0 fully saturated rings. The van der Waals surface area contributed by atoms with Crippen LogP contribution in [-0.4, -0.2) is 28.9 Å². The van der Waals surface area contributed by atoms with E-state index < -0.39 is 28.5 Å². The van der Waals surface area contributed by atoms with Crippen LogP contribution in [0.25, 0.3) is 0 Å². The van der Waals surface area contributed by atoms with Gasteiger partial charge < -0.3 is 15.1 Å². The number of pyridine rings is 1. The molecule has 2 N–H and O–H groups in total. The van der Waals surface area contributed by atoms with Crippen LogP contribution < -0.4 is 10.6 Å². The van der Waals surface area contributed by atoms with Crippen LogP contribution in [-0.2, 0) is 6.18 Å². The van der Waals surface area contributed by atoms with Crippen LogP contribution in [0.3, 0.4) is 0 Å². The Bertz CT molecular complexity index is 745. The summed E-state index contributed by atoms with van der Waals surface area (Å²) in [6.45, 7) is -0.0736. The molecule has 0 unspecified atom stereocenters. The Morgan fingerprint density at radius 2 is 2.04 bits per heavy atom.